The van der Waals surface area contributed by atoms with Crippen molar-refractivity contribution in [2.75, 3.05) is 13.2 Å². The lowest BCUT2D eigenvalue weighted by Gasteiger charge is -2.43. The van der Waals surface area contributed by atoms with Crippen LogP contribution in [0.1, 0.15) is 89.0 Å². The summed E-state index contributed by atoms with van der Waals surface area (Å²) in [4.78, 5) is 29.1. The van der Waals surface area contributed by atoms with Gasteiger partial charge < -0.3 is 15.0 Å². The van der Waals surface area contributed by atoms with E-state index in [9.17, 15) is 9.59 Å². The number of amides is 2. The number of fused-ring (bicyclic) bond motifs is 1. The second-order valence-electron chi connectivity index (χ2n) is 10.2. The quantitative estimate of drug-likeness (QED) is 0.396. The molecule has 7 heteroatoms. The lowest BCUT2D eigenvalue weighted by Crippen LogP contribution is -2.65. The molecule has 1 aromatic carbocycles. The standard InChI is InChI=1S/C28H40N4O3/c1-4-6-18-35-25-16-12-11-15-22(25)23-19-24-26(33)31(17-5-2)28(3,20-32(24)30-23)27(34)29-21-13-9-7-8-10-14-21/h11-12,15-16,19,21H,4-10,13-14,17-18,20H2,1-3H3,(H,29,34)/t28-/m1/s1. The second-order valence-corrected chi connectivity index (χ2v) is 10.2. The second kappa shape index (κ2) is 11.3. The number of carbonyl (C=O) groups is 2. The normalized spacial score (nSPS) is 20.9. The van der Waals surface area contributed by atoms with Gasteiger partial charge >= 0.3 is 0 Å². The summed E-state index contributed by atoms with van der Waals surface area (Å²) in [5.74, 6) is 0.556. The van der Waals surface area contributed by atoms with E-state index >= 15 is 0 Å². The number of rotatable bonds is 9. The number of benzene rings is 1. The first-order valence-electron chi connectivity index (χ1n) is 13.4. The largest absolute Gasteiger partial charge is 0.493 e. The Kier molecular flexibility index (Phi) is 8.14. The highest BCUT2D eigenvalue weighted by Gasteiger charge is 2.48. The molecule has 1 aliphatic carbocycles. The zero-order chi connectivity index (χ0) is 24.8. The number of nitrogens with one attached hydrogen (secondary N) is 1. The third-order valence-electron chi connectivity index (χ3n) is 7.34. The van der Waals surface area contributed by atoms with E-state index in [2.05, 4.69) is 12.2 Å². The maximum atomic E-state index is 13.7. The van der Waals surface area contributed by atoms with E-state index in [1.807, 2.05) is 44.2 Å². The molecule has 0 spiro atoms. The molecule has 2 heterocycles. The van der Waals surface area contributed by atoms with E-state index in [4.69, 9.17) is 9.84 Å². The van der Waals surface area contributed by atoms with E-state index in [0.29, 0.717) is 31.1 Å². The molecule has 0 bridgehead atoms. The molecule has 2 aromatic rings. The Balaban J connectivity index is 1.62. The van der Waals surface area contributed by atoms with Crippen LogP contribution in [-0.4, -0.2) is 51.2 Å². The van der Waals surface area contributed by atoms with Gasteiger partial charge in [-0.15, -0.1) is 0 Å². The topological polar surface area (TPSA) is 76.5 Å². The highest BCUT2D eigenvalue weighted by molar-refractivity contribution is 6.00. The highest BCUT2D eigenvalue weighted by Crippen LogP contribution is 2.34. The number of hydrogen-bond acceptors (Lipinski definition) is 4. The maximum absolute atomic E-state index is 13.7. The van der Waals surface area contributed by atoms with Crippen molar-refractivity contribution in [1.82, 2.24) is 20.0 Å². The summed E-state index contributed by atoms with van der Waals surface area (Å²) in [6, 6.07) is 9.85. The van der Waals surface area contributed by atoms with Crippen LogP contribution in [0.4, 0.5) is 0 Å². The van der Waals surface area contributed by atoms with Crippen molar-refractivity contribution < 1.29 is 14.3 Å². The Morgan fingerprint density at radius 1 is 1.14 bits per heavy atom. The van der Waals surface area contributed by atoms with Crippen LogP contribution in [0.3, 0.4) is 0 Å². The van der Waals surface area contributed by atoms with Gasteiger partial charge in [0, 0.05) is 18.2 Å². The number of unbranched alkanes of at least 4 members (excludes halogenated alkanes) is 1. The van der Waals surface area contributed by atoms with E-state index in [1.165, 1.54) is 12.8 Å². The van der Waals surface area contributed by atoms with Crippen molar-refractivity contribution in [3.8, 4) is 17.0 Å². The van der Waals surface area contributed by atoms with Gasteiger partial charge in [0.2, 0.25) is 5.91 Å². The van der Waals surface area contributed by atoms with Crippen molar-refractivity contribution in [3.05, 3.63) is 36.0 Å². The van der Waals surface area contributed by atoms with Gasteiger partial charge in [0.05, 0.1) is 18.8 Å². The highest BCUT2D eigenvalue weighted by atomic mass is 16.5. The van der Waals surface area contributed by atoms with Gasteiger partial charge in [0.1, 0.15) is 17.0 Å². The summed E-state index contributed by atoms with van der Waals surface area (Å²) in [6.07, 6.45) is 9.59. The molecule has 1 N–H and O–H groups in total. The molecule has 1 fully saturated rings. The van der Waals surface area contributed by atoms with Gasteiger partial charge in [0.25, 0.3) is 5.91 Å². The molecule has 1 aromatic heterocycles. The zero-order valence-corrected chi connectivity index (χ0v) is 21.5. The third-order valence-corrected chi connectivity index (χ3v) is 7.34. The predicted molar refractivity (Wildman–Crippen MR) is 137 cm³/mol. The summed E-state index contributed by atoms with van der Waals surface area (Å²) in [5, 5.41) is 8.09. The summed E-state index contributed by atoms with van der Waals surface area (Å²) in [6.45, 7) is 7.58. The molecular weight excluding hydrogens is 440 g/mol. The minimum atomic E-state index is -0.979. The number of para-hydroxylation sites is 1. The Hall–Kier alpha value is -2.83. The maximum Gasteiger partial charge on any atom is 0.273 e. The molecule has 7 nitrogen and oxygen atoms in total. The zero-order valence-electron chi connectivity index (χ0n) is 21.5. The summed E-state index contributed by atoms with van der Waals surface area (Å²) >= 11 is 0. The van der Waals surface area contributed by atoms with Crippen molar-refractivity contribution in [2.45, 2.75) is 96.7 Å². The molecule has 1 atom stereocenters. The van der Waals surface area contributed by atoms with E-state index in [-0.39, 0.29) is 17.9 Å². The molecule has 2 aliphatic rings. The minimum absolute atomic E-state index is 0.0720. The molecule has 1 aliphatic heterocycles. The number of carbonyl (C=O) groups excluding carboxylic acids is 2. The molecule has 4 rings (SSSR count). The lowest BCUT2D eigenvalue weighted by atomic mass is 9.93. The molecule has 0 radical (unpaired) electrons. The number of nitrogens with zero attached hydrogens (tertiary/aromatic N) is 3. The smallest absolute Gasteiger partial charge is 0.273 e. The number of hydrogen-bond donors (Lipinski definition) is 1. The molecule has 35 heavy (non-hydrogen) atoms. The molecule has 1 saturated carbocycles. The van der Waals surface area contributed by atoms with Crippen LogP contribution in [0.5, 0.6) is 5.75 Å². The first kappa shape index (κ1) is 25.3. The van der Waals surface area contributed by atoms with Crippen LogP contribution < -0.4 is 10.1 Å². The third kappa shape index (κ3) is 5.39. The van der Waals surface area contributed by atoms with Crippen molar-refractivity contribution in [2.24, 2.45) is 0 Å². The fraction of sp³-hybridized carbons (Fsp3) is 0.607. The van der Waals surface area contributed by atoms with Gasteiger partial charge in [-0.1, -0.05) is 58.1 Å². The average Bonchev–Trinajstić information content (AvgIpc) is 3.10. The average molecular weight is 481 g/mol. The summed E-state index contributed by atoms with van der Waals surface area (Å²) < 4.78 is 7.74. The fourth-order valence-corrected chi connectivity index (χ4v) is 5.24. The Morgan fingerprint density at radius 2 is 1.89 bits per heavy atom. The van der Waals surface area contributed by atoms with Crippen LogP contribution in [0.15, 0.2) is 30.3 Å². The van der Waals surface area contributed by atoms with E-state index in [1.54, 1.807) is 9.58 Å². The van der Waals surface area contributed by atoms with Crippen LogP contribution in [0.2, 0.25) is 0 Å². The first-order chi connectivity index (χ1) is 17.0. The van der Waals surface area contributed by atoms with Crippen LogP contribution in [0.25, 0.3) is 11.3 Å². The lowest BCUT2D eigenvalue weighted by molar-refractivity contribution is -0.134. The van der Waals surface area contributed by atoms with Crippen LogP contribution >= 0.6 is 0 Å². The van der Waals surface area contributed by atoms with E-state index < -0.39 is 5.54 Å². The summed E-state index contributed by atoms with van der Waals surface area (Å²) in [7, 11) is 0. The predicted octanol–water partition coefficient (Wildman–Crippen LogP) is 5.19. The number of aromatic nitrogens is 2. The molecular formula is C28H40N4O3. The van der Waals surface area contributed by atoms with Gasteiger partial charge in [-0.05, 0) is 50.8 Å². The Morgan fingerprint density at radius 3 is 2.60 bits per heavy atom. The number of ether oxygens (including phenoxy) is 1. The van der Waals surface area contributed by atoms with Crippen LogP contribution in [0, 0.1) is 0 Å². The monoisotopic (exact) mass is 480 g/mol. The molecule has 0 saturated heterocycles. The van der Waals surface area contributed by atoms with Gasteiger partial charge in [0.15, 0.2) is 0 Å². The van der Waals surface area contributed by atoms with Crippen molar-refractivity contribution >= 4 is 11.8 Å². The SMILES string of the molecule is CCCCOc1ccccc1-c1cc2n(n1)C[C@](C)(C(=O)NC1CCCCCC1)N(CCC)C2=O. The Bertz CT molecular complexity index is 1020. The fourth-order valence-electron chi connectivity index (χ4n) is 5.24. The molecule has 190 valence electrons. The summed E-state index contributed by atoms with van der Waals surface area (Å²) in [5.41, 5.74) is 1.11. The van der Waals surface area contributed by atoms with Crippen molar-refractivity contribution in [1.29, 1.82) is 0 Å². The van der Waals surface area contributed by atoms with E-state index in [0.717, 1.165) is 56.3 Å². The minimum Gasteiger partial charge on any atom is -0.493 e. The van der Waals surface area contributed by atoms with Crippen LogP contribution in [-0.2, 0) is 11.3 Å². The molecule has 2 amide bonds. The molecule has 0 unspecified atom stereocenters. The van der Waals surface area contributed by atoms with Gasteiger partial charge in [-0.3, -0.25) is 14.3 Å². The first-order valence-corrected chi connectivity index (χ1v) is 13.4. The Labute approximate surface area is 209 Å². The van der Waals surface area contributed by atoms with Gasteiger partial charge in [-0.2, -0.15) is 5.10 Å². The van der Waals surface area contributed by atoms with Gasteiger partial charge in [-0.25, -0.2) is 0 Å². The van der Waals surface area contributed by atoms with Crippen molar-refractivity contribution in [3.63, 3.8) is 0 Å².